The molecule has 4 nitrogen and oxygen atoms in total. The van der Waals surface area contributed by atoms with Crippen LogP contribution in [0.5, 0.6) is 5.75 Å². The minimum atomic E-state index is -0.644. The summed E-state index contributed by atoms with van der Waals surface area (Å²) in [7, 11) is 0. The molecule has 0 aliphatic heterocycles. The summed E-state index contributed by atoms with van der Waals surface area (Å²) in [5, 5.41) is 0. The van der Waals surface area contributed by atoms with Crippen molar-refractivity contribution in [3.8, 4) is 5.75 Å². The number of nitrogens with two attached hydrogens (primary N) is 1. The van der Waals surface area contributed by atoms with Crippen LogP contribution in [-0.2, 0) is 22.4 Å². The fourth-order valence-corrected chi connectivity index (χ4v) is 2.28. The zero-order valence-corrected chi connectivity index (χ0v) is 13.4. The number of benzene rings is 2. The molecule has 0 saturated carbocycles. The maximum absolute atomic E-state index is 11.6. The van der Waals surface area contributed by atoms with Gasteiger partial charge in [-0.1, -0.05) is 42.5 Å². The van der Waals surface area contributed by atoms with Crippen molar-refractivity contribution in [2.75, 3.05) is 13.2 Å². The second-order valence-corrected chi connectivity index (χ2v) is 5.29. The molecule has 0 heterocycles. The summed E-state index contributed by atoms with van der Waals surface area (Å²) in [6.45, 7) is 2.72. The first-order chi connectivity index (χ1) is 11.2. The van der Waals surface area contributed by atoms with Crippen molar-refractivity contribution in [1.82, 2.24) is 0 Å². The molecular weight excluding hydrogens is 290 g/mol. The molecule has 0 aromatic heterocycles. The topological polar surface area (TPSA) is 61.5 Å². The zero-order chi connectivity index (χ0) is 16.5. The first kappa shape index (κ1) is 17.0. The van der Waals surface area contributed by atoms with Crippen LogP contribution in [-0.4, -0.2) is 25.2 Å². The molecule has 0 bridgehead atoms. The Balaban J connectivity index is 1.85. The molecular formula is C19H23NO3. The van der Waals surface area contributed by atoms with Crippen LogP contribution < -0.4 is 10.5 Å². The summed E-state index contributed by atoms with van der Waals surface area (Å²) in [4.78, 5) is 11.6. The average molecular weight is 313 g/mol. The second-order valence-electron chi connectivity index (χ2n) is 5.29. The van der Waals surface area contributed by atoms with Crippen molar-refractivity contribution in [1.29, 1.82) is 0 Å². The standard InChI is InChI=1S/C19H23NO3/c1-2-22-19(21)18(20)14-16-9-6-10-17(13-16)23-12-11-15-7-4-3-5-8-15/h3-10,13,18H,2,11-12,14,20H2,1H3. The van der Waals surface area contributed by atoms with Gasteiger partial charge in [-0.15, -0.1) is 0 Å². The molecule has 0 aliphatic carbocycles. The Kier molecular flexibility index (Phi) is 6.63. The number of esters is 1. The largest absolute Gasteiger partial charge is 0.493 e. The lowest BCUT2D eigenvalue weighted by molar-refractivity contribution is -0.144. The predicted octanol–water partition coefficient (Wildman–Crippen LogP) is 2.74. The Hall–Kier alpha value is -2.33. The van der Waals surface area contributed by atoms with Gasteiger partial charge in [-0.05, 0) is 36.6 Å². The van der Waals surface area contributed by atoms with Gasteiger partial charge in [0.2, 0.25) is 0 Å². The van der Waals surface area contributed by atoms with Crippen LogP contribution in [0.1, 0.15) is 18.1 Å². The molecule has 0 fully saturated rings. The van der Waals surface area contributed by atoms with E-state index in [1.54, 1.807) is 6.92 Å². The van der Waals surface area contributed by atoms with E-state index in [1.165, 1.54) is 5.56 Å². The lowest BCUT2D eigenvalue weighted by Gasteiger charge is -2.12. The van der Waals surface area contributed by atoms with E-state index in [2.05, 4.69) is 12.1 Å². The first-order valence-corrected chi connectivity index (χ1v) is 7.87. The highest BCUT2D eigenvalue weighted by Gasteiger charge is 2.15. The van der Waals surface area contributed by atoms with Crippen LogP contribution in [0.15, 0.2) is 54.6 Å². The van der Waals surface area contributed by atoms with E-state index >= 15 is 0 Å². The Labute approximate surface area is 137 Å². The van der Waals surface area contributed by atoms with Gasteiger partial charge in [0, 0.05) is 6.42 Å². The molecule has 0 amide bonds. The molecule has 122 valence electrons. The third-order valence-electron chi connectivity index (χ3n) is 3.45. The van der Waals surface area contributed by atoms with Gasteiger partial charge in [-0.2, -0.15) is 0 Å². The molecule has 2 aromatic rings. The molecule has 23 heavy (non-hydrogen) atoms. The van der Waals surface area contributed by atoms with E-state index in [1.807, 2.05) is 42.5 Å². The van der Waals surface area contributed by atoms with Gasteiger partial charge < -0.3 is 15.2 Å². The molecule has 0 spiro atoms. The van der Waals surface area contributed by atoms with E-state index in [9.17, 15) is 4.79 Å². The molecule has 0 saturated heterocycles. The molecule has 0 aliphatic rings. The van der Waals surface area contributed by atoms with Crippen molar-refractivity contribution in [2.24, 2.45) is 5.73 Å². The van der Waals surface area contributed by atoms with Crippen molar-refractivity contribution in [3.63, 3.8) is 0 Å². The summed E-state index contributed by atoms with van der Waals surface area (Å²) >= 11 is 0. The number of hydrogen-bond donors (Lipinski definition) is 1. The Morgan fingerprint density at radius 3 is 2.57 bits per heavy atom. The van der Waals surface area contributed by atoms with Crippen LogP contribution in [0.3, 0.4) is 0 Å². The highest BCUT2D eigenvalue weighted by molar-refractivity contribution is 5.75. The van der Waals surface area contributed by atoms with Crippen molar-refractivity contribution >= 4 is 5.97 Å². The summed E-state index contributed by atoms with van der Waals surface area (Å²) < 4.78 is 10.7. The van der Waals surface area contributed by atoms with Crippen molar-refractivity contribution in [2.45, 2.75) is 25.8 Å². The van der Waals surface area contributed by atoms with Gasteiger partial charge >= 0.3 is 5.97 Å². The smallest absolute Gasteiger partial charge is 0.323 e. The summed E-state index contributed by atoms with van der Waals surface area (Å²) in [6, 6.07) is 17.2. The molecule has 4 heteroatoms. The van der Waals surface area contributed by atoms with Gasteiger partial charge in [-0.3, -0.25) is 4.79 Å². The monoisotopic (exact) mass is 313 g/mol. The normalized spacial score (nSPS) is 11.7. The lowest BCUT2D eigenvalue weighted by atomic mass is 10.1. The maximum atomic E-state index is 11.6. The molecule has 2 N–H and O–H groups in total. The summed E-state index contributed by atoms with van der Waals surface area (Å²) in [5.74, 6) is 0.414. The van der Waals surface area contributed by atoms with E-state index in [0.29, 0.717) is 19.6 Å². The highest BCUT2D eigenvalue weighted by Crippen LogP contribution is 2.15. The van der Waals surface area contributed by atoms with Gasteiger partial charge in [0.1, 0.15) is 11.8 Å². The Morgan fingerprint density at radius 1 is 1.09 bits per heavy atom. The van der Waals surface area contributed by atoms with E-state index in [-0.39, 0.29) is 5.97 Å². The van der Waals surface area contributed by atoms with Crippen molar-refractivity contribution in [3.05, 3.63) is 65.7 Å². The quantitative estimate of drug-likeness (QED) is 0.761. The third kappa shape index (κ3) is 5.75. The maximum Gasteiger partial charge on any atom is 0.323 e. The van der Waals surface area contributed by atoms with Crippen molar-refractivity contribution < 1.29 is 14.3 Å². The van der Waals surface area contributed by atoms with Crippen LogP contribution in [0, 0.1) is 0 Å². The summed E-state index contributed by atoms with van der Waals surface area (Å²) in [5.41, 5.74) is 8.05. The van der Waals surface area contributed by atoms with E-state index in [4.69, 9.17) is 15.2 Å². The fraction of sp³-hybridized carbons (Fsp3) is 0.316. The number of carbonyl (C=O) groups excluding carboxylic acids is 1. The molecule has 0 radical (unpaired) electrons. The molecule has 2 rings (SSSR count). The molecule has 1 atom stereocenters. The second kappa shape index (κ2) is 8.96. The lowest BCUT2D eigenvalue weighted by Crippen LogP contribution is -2.34. The molecule has 2 aromatic carbocycles. The van der Waals surface area contributed by atoms with Crippen LogP contribution >= 0.6 is 0 Å². The fourth-order valence-electron chi connectivity index (χ4n) is 2.28. The van der Waals surface area contributed by atoms with Crippen LogP contribution in [0.25, 0.3) is 0 Å². The first-order valence-electron chi connectivity index (χ1n) is 7.87. The Bertz CT molecular complexity index is 613. The number of rotatable bonds is 8. The van der Waals surface area contributed by atoms with Gasteiger partial charge in [-0.25, -0.2) is 0 Å². The number of ether oxygens (including phenoxy) is 2. The summed E-state index contributed by atoms with van der Waals surface area (Å²) in [6.07, 6.45) is 1.29. The van der Waals surface area contributed by atoms with Gasteiger partial charge in [0.25, 0.3) is 0 Å². The minimum absolute atomic E-state index is 0.342. The molecule has 1 unspecified atom stereocenters. The number of carbonyl (C=O) groups is 1. The van der Waals surface area contributed by atoms with E-state index < -0.39 is 6.04 Å². The van der Waals surface area contributed by atoms with Crippen LogP contribution in [0.2, 0.25) is 0 Å². The zero-order valence-electron chi connectivity index (χ0n) is 13.4. The third-order valence-corrected chi connectivity index (χ3v) is 3.45. The van der Waals surface area contributed by atoms with Gasteiger partial charge in [0.05, 0.1) is 13.2 Å². The predicted molar refractivity (Wildman–Crippen MR) is 90.4 cm³/mol. The van der Waals surface area contributed by atoms with Crippen LogP contribution in [0.4, 0.5) is 0 Å². The van der Waals surface area contributed by atoms with E-state index in [0.717, 1.165) is 17.7 Å². The van der Waals surface area contributed by atoms with Gasteiger partial charge in [0.15, 0.2) is 0 Å². The highest BCUT2D eigenvalue weighted by atomic mass is 16.5. The Morgan fingerprint density at radius 2 is 1.83 bits per heavy atom. The SMILES string of the molecule is CCOC(=O)C(N)Cc1cccc(OCCc2ccccc2)c1. The minimum Gasteiger partial charge on any atom is -0.493 e. The average Bonchev–Trinajstić information content (AvgIpc) is 2.56. The number of hydrogen-bond acceptors (Lipinski definition) is 4.